The minimum absolute atomic E-state index is 0. The fourth-order valence-corrected chi connectivity index (χ4v) is 5.41. The zero-order valence-electron chi connectivity index (χ0n) is 17.0. The molecule has 0 aromatic rings. The molecule has 3 fully saturated rings. The van der Waals surface area contributed by atoms with Crippen molar-refractivity contribution in [1.82, 2.24) is 15.5 Å². The van der Waals surface area contributed by atoms with Crippen molar-refractivity contribution in [3.8, 4) is 0 Å². The monoisotopic (exact) mass is 516 g/mol. The molecule has 4 aliphatic rings. The number of nitrogens with zero attached hydrogens (tertiary/aromatic N) is 2. The Morgan fingerprint density at radius 1 is 1.17 bits per heavy atom. The SMILES string of the molecule is CCNC(=NCC1CCCC1O)NCCCN1C(=O)C2C3C=CC(C3)C2C1=O.I. The van der Waals surface area contributed by atoms with E-state index < -0.39 is 0 Å². The number of carbonyl (C=O) groups excluding carboxylic acids is 2. The molecule has 8 heteroatoms. The zero-order valence-corrected chi connectivity index (χ0v) is 19.4. The molecule has 3 aliphatic carbocycles. The lowest BCUT2D eigenvalue weighted by molar-refractivity contribution is -0.140. The van der Waals surface area contributed by atoms with Crippen LogP contribution in [0, 0.1) is 29.6 Å². The van der Waals surface area contributed by atoms with E-state index in [-0.39, 0.29) is 71.5 Å². The number of aliphatic imine (C=N–C) groups is 1. The highest BCUT2D eigenvalue weighted by Gasteiger charge is 2.58. The van der Waals surface area contributed by atoms with Gasteiger partial charge in [-0.25, -0.2) is 0 Å². The van der Waals surface area contributed by atoms with Crippen LogP contribution in [-0.4, -0.2) is 60.1 Å². The number of hydrogen-bond acceptors (Lipinski definition) is 4. The molecule has 0 spiro atoms. The number of halogens is 1. The molecule has 29 heavy (non-hydrogen) atoms. The van der Waals surface area contributed by atoms with Gasteiger partial charge in [0.05, 0.1) is 17.9 Å². The number of aliphatic hydroxyl groups is 1. The quantitative estimate of drug-likeness (QED) is 0.119. The van der Waals surface area contributed by atoms with Crippen LogP contribution in [0.2, 0.25) is 0 Å². The van der Waals surface area contributed by atoms with Crippen LogP contribution in [0.25, 0.3) is 0 Å². The highest BCUT2D eigenvalue weighted by molar-refractivity contribution is 14.0. The molecule has 4 rings (SSSR count). The van der Waals surface area contributed by atoms with Gasteiger partial charge in [-0.15, -0.1) is 24.0 Å². The number of imide groups is 1. The van der Waals surface area contributed by atoms with Gasteiger partial charge in [0.2, 0.25) is 11.8 Å². The highest BCUT2D eigenvalue weighted by atomic mass is 127. The lowest BCUT2D eigenvalue weighted by atomic mass is 9.85. The van der Waals surface area contributed by atoms with Crippen LogP contribution in [0.4, 0.5) is 0 Å². The van der Waals surface area contributed by atoms with Gasteiger partial charge < -0.3 is 15.7 Å². The number of hydrogen-bond donors (Lipinski definition) is 3. The summed E-state index contributed by atoms with van der Waals surface area (Å²) in [6.07, 6.45) is 8.68. The molecule has 1 saturated heterocycles. The van der Waals surface area contributed by atoms with Crippen molar-refractivity contribution < 1.29 is 14.7 Å². The van der Waals surface area contributed by atoms with Gasteiger partial charge in [-0.1, -0.05) is 18.6 Å². The van der Waals surface area contributed by atoms with E-state index in [0.29, 0.717) is 26.1 Å². The molecular formula is C21H33IN4O3. The number of guanidine groups is 1. The molecule has 7 nitrogen and oxygen atoms in total. The molecule has 162 valence electrons. The Kier molecular flexibility index (Phi) is 7.58. The van der Waals surface area contributed by atoms with Gasteiger partial charge in [-0.3, -0.25) is 19.5 Å². The van der Waals surface area contributed by atoms with Gasteiger partial charge >= 0.3 is 0 Å². The normalized spacial score (nSPS) is 35.2. The van der Waals surface area contributed by atoms with Crippen molar-refractivity contribution in [3.05, 3.63) is 12.2 Å². The van der Waals surface area contributed by atoms with Crippen LogP contribution < -0.4 is 10.6 Å². The fraction of sp³-hybridized carbons (Fsp3) is 0.762. The van der Waals surface area contributed by atoms with Gasteiger partial charge in [-0.2, -0.15) is 0 Å². The molecule has 0 aromatic heterocycles. The number of fused-ring (bicyclic) bond motifs is 5. The van der Waals surface area contributed by atoms with Gasteiger partial charge in [-0.05, 0) is 44.4 Å². The largest absolute Gasteiger partial charge is 0.393 e. The molecule has 6 unspecified atom stereocenters. The Bertz CT molecular complexity index is 653. The summed E-state index contributed by atoms with van der Waals surface area (Å²) >= 11 is 0. The van der Waals surface area contributed by atoms with Crippen molar-refractivity contribution in [2.24, 2.45) is 34.6 Å². The average molecular weight is 516 g/mol. The molecule has 0 radical (unpaired) electrons. The smallest absolute Gasteiger partial charge is 0.233 e. The first-order valence-corrected chi connectivity index (χ1v) is 10.8. The molecule has 2 amide bonds. The zero-order chi connectivity index (χ0) is 19.7. The minimum Gasteiger partial charge on any atom is -0.393 e. The van der Waals surface area contributed by atoms with Crippen LogP contribution in [0.15, 0.2) is 17.1 Å². The summed E-state index contributed by atoms with van der Waals surface area (Å²) in [7, 11) is 0. The average Bonchev–Trinajstić information content (AvgIpc) is 3.44. The fourth-order valence-electron chi connectivity index (χ4n) is 5.41. The third-order valence-electron chi connectivity index (χ3n) is 6.86. The Balaban J connectivity index is 0.00000240. The van der Waals surface area contributed by atoms with E-state index in [0.717, 1.165) is 38.2 Å². The second-order valence-electron chi connectivity index (χ2n) is 8.59. The van der Waals surface area contributed by atoms with Crippen molar-refractivity contribution in [3.63, 3.8) is 0 Å². The minimum atomic E-state index is -0.233. The van der Waals surface area contributed by atoms with Crippen molar-refractivity contribution in [2.45, 2.75) is 45.1 Å². The van der Waals surface area contributed by atoms with Crippen molar-refractivity contribution in [2.75, 3.05) is 26.2 Å². The predicted octanol–water partition coefficient (Wildman–Crippen LogP) is 1.52. The second kappa shape index (κ2) is 9.76. The van der Waals surface area contributed by atoms with Crippen molar-refractivity contribution in [1.29, 1.82) is 0 Å². The summed E-state index contributed by atoms with van der Waals surface area (Å²) in [6.45, 7) is 4.53. The van der Waals surface area contributed by atoms with E-state index in [9.17, 15) is 14.7 Å². The number of likely N-dealkylation sites (tertiary alicyclic amines) is 1. The molecule has 1 heterocycles. The molecule has 6 atom stereocenters. The molecular weight excluding hydrogens is 483 g/mol. The topological polar surface area (TPSA) is 94.0 Å². The first-order valence-electron chi connectivity index (χ1n) is 10.8. The van der Waals surface area contributed by atoms with Gasteiger partial charge in [0.15, 0.2) is 5.96 Å². The van der Waals surface area contributed by atoms with Crippen LogP contribution in [0.3, 0.4) is 0 Å². The molecule has 3 N–H and O–H groups in total. The Morgan fingerprint density at radius 2 is 1.86 bits per heavy atom. The molecule has 1 aliphatic heterocycles. The first-order chi connectivity index (χ1) is 13.6. The van der Waals surface area contributed by atoms with Crippen LogP contribution in [0.1, 0.15) is 39.0 Å². The summed E-state index contributed by atoms with van der Waals surface area (Å²) in [5.74, 6) is 1.38. The summed E-state index contributed by atoms with van der Waals surface area (Å²) in [6, 6.07) is 0. The van der Waals surface area contributed by atoms with Crippen LogP contribution in [-0.2, 0) is 9.59 Å². The third-order valence-corrected chi connectivity index (χ3v) is 6.86. The summed E-state index contributed by atoms with van der Waals surface area (Å²) in [4.78, 5) is 31.5. The number of aliphatic hydroxyl groups excluding tert-OH is 1. The van der Waals surface area contributed by atoms with E-state index in [2.05, 4.69) is 27.8 Å². The van der Waals surface area contributed by atoms with Gasteiger partial charge in [0.25, 0.3) is 0 Å². The Labute approximate surface area is 189 Å². The lowest BCUT2D eigenvalue weighted by Crippen LogP contribution is -2.40. The van der Waals surface area contributed by atoms with E-state index in [1.807, 2.05) is 6.92 Å². The number of rotatable bonds is 7. The second-order valence-corrected chi connectivity index (χ2v) is 8.59. The number of amides is 2. The van der Waals surface area contributed by atoms with Crippen molar-refractivity contribution >= 4 is 41.8 Å². The maximum atomic E-state index is 12.7. The molecule has 2 saturated carbocycles. The summed E-state index contributed by atoms with van der Waals surface area (Å²) in [5, 5.41) is 16.5. The van der Waals surface area contributed by atoms with E-state index in [4.69, 9.17) is 0 Å². The van der Waals surface area contributed by atoms with Gasteiger partial charge in [0, 0.05) is 32.1 Å². The summed E-state index contributed by atoms with van der Waals surface area (Å²) in [5.41, 5.74) is 0. The highest BCUT2D eigenvalue weighted by Crippen LogP contribution is 2.52. The molecule has 0 aromatic carbocycles. The maximum Gasteiger partial charge on any atom is 0.233 e. The van der Waals surface area contributed by atoms with E-state index in [1.54, 1.807) is 0 Å². The van der Waals surface area contributed by atoms with Crippen LogP contribution >= 0.6 is 24.0 Å². The molecule has 2 bridgehead atoms. The maximum absolute atomic E-state index is 12.7. The number of carbonyl (C=O) groups is 2. The lowest BCUT2D eigenvalue weighted by Gasteiger charge is -2.18. The van der Waals surface area contributed by atoms with E-state index in [1.165, 1.54) is 4.90 Å². The standard InChI is InChI=1S/C21H32N4O3.HI/c1-2-22-21(24-12-15-5-3-6-16(15)26)23-9-4-10-25-19(27)17-13-7-8-14(11-13)18(17)20(25)28;/h7-8,13-18,26H,2-6,9-12H2,1H3,(H2,22,23,24);1H. The Morgan fingerprint density at radius 3 is 2.45 bits per heavy atom. The first kappa shape index (κ1) is 22.5. The van der Waals surface area contributed by atoms with E-state index >= 15 is 0 Å². The van der Waals surface area contributed by atoms with Crippen LogP contribution in [0.5, 0.6) is 0 Å². The third kappa shape index (κ3) is 4.47. The Hall–Kier alpha value is -1.16. The number of allylic oxidation sites excluding steroid dienone is 2. The number of nitrogens with one attached hydrogen (secondary N) is 2. The predicted molar refractivity (Wildman–Crippen MR) is 122 cm³/mol. The van der Waals surface area contributed by atoms with Gasteiger partial charge in [0.1, 0.15) is 0 Å². The summed E-state index contributed by atoms with van der Waals surface area (Å²) < 4.78 is 0.